The lowest BCUT2D eigenvalue weighted by Gasteiger charge is -2.35. The van der Waals surface area contributed by atoms with Gasteiger partial charge in [0.1, 0.15) is 29.7 Å². The molecule has 1 fully saturated rings. The van der Waals surface area contributed by atoms with Gasteiger partial charge in [-0.1, -0.05) is 17.7 Å². The van der Waals surface area contributed by atoms with Gasteiger partial charge in [0.05, 0.1) is 35.5 Å². The number of ether oxygens (including phenoxy) is 2. The van der Waals surface area contributed by atoms with E-state index >= 15 is 0 Å². The van der Waals surface area contributed by atoms with Crippen molar-refractivity contribution < 1.29 is 37.3 Å². The van der Waals surface area contributed by atoms with Crippen LogP contribution in [0, 0.1) is 5.82 Å². The molecule has 14 heteroatoms. The summed E-state index contributed by atoms with van der Waals surface area (Å²) in [5.74, 6) is -0.720. The van der Waals surface area contributed by atoms with Crippen LogP contribution < -0.4 is 24.0 Å². The van der Waals surface area contributed by atoms with Crippen molar-refractivity contribution in [3.63, 3.8) is 0 Å². The molecule has 4 aromatic rings. The molecule has 0 saturated carbocycles. The summed E-state index contributed by atoms with van der Waals surface area (Å²) in [5.41, 5.74) is 3.71. The summed E-state index contributed by atoms with van der Waals surface area (Å²) < 4.78 is 58.2. The predicted octanol–water partition coefficient (Wildman–Crippen LogP) is 6.84. The summed E-state index contributed by atoms with van der Waals surface area (Å²) in [6.45, 7) is 5.31. The highest BCUT2D eigenvalue weighted by molar-refractivity contribution is 7.90. The molecule has 0 radical (unpaired) electrons. The van der Waals surface area contributed by atoms with E-state index in [0.717, 1.165) is 31.0 Å². The number of carboxylic acid groups (broad SMARTS) is 1. The minimum atomic E-state index is -4.12. The van der Waals surface area contributed by atoms with Crippen molar-refractivity contribution in [2.75, 3.05) is 60.4 Å². The Bertz CT molecular complexity index is 2040. The Kier molecular flexibility index (Phi) is 11.5. The summed E-state index contributed by atoms with van der Waals surface area (Å²) in [6.07, 6.45) is 4.00. The molecule has 52 heavy (non-hydrogen) atoms. The number of piperazine rings is 1. The van der Waals surface area contributed by atoms with Gasteiger partial charge >= 0.3 is 16.2 Å². The monoisotopic (exact) mass is 754 g/mol. The molecular weight excluding hydrogens is 711 g/mol. The fourth-order valence-electron chi connectivity index (χ4n) is 6.77. The molecule has 1 heterocycles. The van der Waals surface area contributed by atoms with Gasteiger partial charge in [-0.05, 0) is 99.2 Å². The number of hydrogen-bond acceptors (Lipinski definition) is 8. The molecule has 0 atom stereocenters. The Labute approximate surface area is 308 Å². The van der Waals surface area contributed by atoms with Crippen LogP contribution in [-0.4, -0.2) is 80.9 Å². The Balaban J connectivity index is 1.22. The standard InChI is InChI=1S/C38H44ClFN4O7S/c1-25(2)51-36-23-29(9-12-33(36)39)42-15-17-44(18-16-42)52(48,49)41-34-24-35(38(47)32-22-28(40)8-11-31(32)34)43(14-13-37(45)46)19-20-50-30-10-7-26-5-3-4-6-27(26)21-30/h7-12,21-25,41,47H,3-6,13-20H2,1-2H3,(H,45,46). The number of anilines is 3. The highest BCUT2D eigenvalue weighted by Crippen LogP contribution is 2.41. The van der Waals surface area contributed by atoms with Gasteiger partial charge < -0.3 is 29.5 Å². The van der Waals surface area contributed by atoms with Gasteiger partial charge in [-0.3, -0.25) is 9.52 Å². The Morgan fingerprint density at radius 2 is 1.71 bits per heavy atom. The van der Waals surface area contributed by atoms with Gasteiger partial charge in [-0.25, -0.2) is 4.39 Å². The number of carbonyl (C=O) groups is 1. The molecule has 3 N–H and O–H groups in total. The van der Waals surface area contributed by atoms with Crippen LogP contribution in [-0.2, 0) is 27.8 Å². The number of hydrogen-bond donors (Lipinski definition) is 3. The molecule has 4 aromatic carbocycles. The number of phenolic OH excluding ortho intramolecular Hbond substituents is 1. The number of nitrogens with zero attached hydrogens (tertiary/aromatic N) is 3. The van der Waals surface area contributed by atoms with Gasteiger partial charge in [0.2, 0.25) is 0 Å². The highest BCUT2D eigenvalue weighted by atomic mass is 35.5. The van der Waals surface area contributed by atoms with Gasteiger partial charge in [0.25, 0.3) is 0 Å². The summed E-state index contributed by atoms with van der Waals surface area (Å²) in [4.78, 5) is 15.3. The van der Waals surface area contributed by atoms with E-state index in [4.69, 9.17) is 21.1 Å². The van der Waals surface area contributed by atoms with E-state index < -0.39 is 22.0 Å². The van der Waals surface area contributed by atoms with Crippen LogP contribution in [0.5, 0.6) is 17.2 Å². The average molecular weight is 755 g/mol. The third-order valence-corrected chi connectivity index (χ3v) is 11.2. The van der Waals surface area contributed by atoms with Crippen molar-refractivity contribution in [1.82, 2.24) is 4.31 Å². The van der Waals surface area contributed by atoms with E-state index in [1.807, 2.05) is 38.1 Å². The molecule has 1 aliphatic heterocycles. The first kappa shape index (κ1) is 37.3. The van der Waals surface area contributed by atoms with Gasteiger partial charge in [0.15, 0.2) is 0 Å². The molecule has 6 rings (SSSR count). The predicted molar refractivity (Wildman–Crippen MR) is 202 cm³/mol. The minimum Gasteiger partial charge on any atom is -0.505 e. The van der Waals surface area contributed by atoms with Crippen LogP contribution in [0.1, 0.15) is 44.2 Å². The van der Waals surface area contributed by atoms with Crippen molar-refractivity contribution in [2.24, 2.45) is 0 Å². The lowest BCUT2D eigenvalue weighted by atomic mass is 9.92. The third-order valence-electron chi connectivity index (χ3n) is 9.40. The molecule has 0 aromatic heterocycles. The fourth-order valence-corrected chi connectivity index (χ4v) is 8.16. The first-order valence-electron chi connectivity index (χ1n) is 17.5. The molecule has 278 valence electrons. The second kappa shape index (κ2) is 16.1. The third kappa shape index (κ3) is 8.76. The van der Waals surface area contributed by atoms with E-state index in [-0.39, 0.29) is 73.2 Å². The maximum Gasteiger partial charge on any atom is 0.305 e. The van der Waals surface area contributed by atoms with Crippen molar-refractivity contribution in [1.29, 1.82) is 0 Å². The molecule has 0 bridgehead atoms. The molecule has 11 nitrogen and oxygen atoms in total. The molecule has 2 aliphatic rings. The number of aliphatic carboxylic acids is 1. The van der Waals surface area contributed by atoms with E-state index in [1.54, 1.807) is 11.0 Å². The normalized spacial score (nSPS) is 15.1. The molecule has 1 saturated heterocycles. The van der Waals surface area contributed by atoms with E-state index in [1.165, 1.54) is 40.1 Å². The summed E-state index contributed by atoms with van der Waals surface area (Å²) in [5, 5.41) is 21.8. The first-order valence-corrected chi connectivity index (χ1v) is 19.4. The molecular formula is C38H44ClFN4O7S. The van der Waals surface area contributed by atoms with Crippen LogP contribution in [0.3, 0.4) is 0 Å². The van der Waals surface area contributed by atoms with Crippen molar-refractivity contribution in [3.05, 3.63) is 82.6 Å². The van der Waals surface area contributed by atoms with Gasteiger partial charge in [-0.15, -0.1) is 0 Å². The smallest absolute Gasteiger partial charge is 0.305 e. The van der Waals surface area contributed by atoms with Crippen LogP contribution >= 0.6 is 11.6 Å². The summed E-state index contributed by atoms with van der Waals surface area (Å²) in [6, 6.07) is 16.7. The number of carboxylic acids is 1. The van der Waals surface area contributed by atoms with Crippen molar-refractivity contribution in [2.45, 2.75) is 52.1 Å². The minimum absolute atomic E-state index is 0.0139. The number of aryl methyl sites for hydroxylation is 2. The maximum absolute atomic E-state index is 14.6. The topological polar surface area (TPSA) is 132 Å². The number of halogens is 2. The van der Waals surface area contributed by atoms with E-state index in [0.29, 0.717) is 29.6 Å². The largest absolute Gasteiger partial charge is 0.505 e. The van der Waals surface area contributed by atoms with Crippen LogP contribution in [0.25, 0.3) is 10.8 Å². The average Bonchev–Trinajstić information content (AvgIpc) is 3.11. The van der Waals surface area contributed by atoms with E-state index in [9.17, 15) is 27.8 Å². The first-order chi connectivity index (χ1) is 24.9. The van der Waals surface area contributed by atoms with Crippen LogP contribution in [0.2, 0.25) is 5.02 Å². The lowest BCUT2D eigenvalue weighted by Crippen LogP contribution is -2.50. The maximum atomic E-state index is 14.6. The highest BCUT2D eigenvalue weighted by Gasteiger charge is 2.29. The van der Waals surface area contributed by atoms with Crippen LogP contribution in [0.15, 0.2) is 60.7 Å². The number of phenols is 1. The van der Waals surface area contributed by atoms with Crippen molar-refractivity contribution in [3.8, 4) is 17.2 Å². The second-order valence-electron chi connectivity index (χ2n) is 13.4. The Morgan fingerprint density at radius 1 is 0.962 bits per heavy atom. The zero-order chi connectivity index (χ0) is 37.0. The summed E-state index contributed by atoms with van der Waals surface area (Å²) >= 11 is 6.32. The number of fused-ring (bicyclic) bond motifs is 2. The zero-order valence-corrected chi connectivity index (χ0v) is 30.9. The SMILES string of the molecule is CC(C)Oc1cc(N2CCN(S(=O)(=O)Nc3cc(N(CCOc4ccc5c(c4)CCCC5)CCC(=O)O)c(O)c4cc(F)ccc34)CC2)ccc1Cl. The lowest BCUT2D eigenvalue weighted by molar-refractivity contribution is -0.136. The molecule has 0 amide bonds. The number of aromatic hydroxyl groups is 1. The Hall–Kier alpha value is -4.46. The van der Waals surface area contributed by atoms with Gasteiger partial charge in [0, 0.05) is 55.2 Å². The summed E-state index contributed by atoms with van der Waals surface area (Å²) in [7, 11) is -4.12. The quantitative estimate of drug-likeness (QED) is 0.118. The van der Waals surface area contributed by atoms with E-state index in [2.05, 4.69) is 15.7 Å². The zero-order valence-electron chi connectivity index (χ0n) is 29.3. The Morgan fingerprint density at radius 3 is 2.44 bits per heavy atom. The number of rotatable bonds is 14. The molecule has 1 aliphatic carbocycles. The second-order valence-corrected chi connectivity index (χ2v) is 15.5. The number of nitrogens with one attached hydrogen (secondary N) is 1. The number of benzene rings is 4. The fraction of sp³-hybridized carbons (Fsp3) is 0.395. The van der Waals surface area contributed by atoms with Gasteiger partial charge in [-0.2, -0.15) is 12.7 Å². The van der Waals surface area contributed by atoms with Crippen molar-refractivity contribution >= 4 is 55.6 Å². The molecule has 0 spiro atoms. The molecule has 0 unspecified atom stereocenters. The van der Waals surface area contributed by atoms with Crippen LogP contribution in [0.4, 0.5) is 21.5 Å².